The third-order valence-corrected chi connectivity index (χ3v) is 8.72. The first-order chi connectivity index (χ1) is 20.9. The number of phenolic OH excluding ortho intramolecular Hbond substituents is 1. The van der Waals surface area contributed by atoms with Gasteiger partial charge in [0.05, 0.1) is 18.4 Å². The molecule has 2 aliphatic heterocycles. The van der Waals surface area contributed by atoms with Crippen LogP contribution in [0.1, 0.15) is 39.1 Å². The Labute approximate surface area is 246 Å². The molecule has 1 N–H and O–H groups in total. The number of aromatic hydroxyl groups is 1. The Morgan fingerprint density at radius 3 is 2.56 bits per heavy atom. The summed E-state index contributed by atoms with van der Waals surface area (Å²) in [4.78, 5) is 35.1. The predicted octanol–water partition coefficient (Wildman–Crippen LogP) is 5.11. The van der Waals surface area contributed by atoms with E-state index in [1.807, 2.05) is 23.1 Å². The molecule has 1 fully saturated rings. The zero-order valence-electron chi connectivity index (χ0n) is 23.4. The quantitative estimate of drug-likeness (QED) is 0.319. The van der Waals surface area contributed by atoms with E-state index in [1.54, 1.807) is 58.4 Å². The Bertz CT molecular complexity index is 1880. The summed E-state index contributed by atoms with van der Waals surface area (Å²) in [5.74, 6) is -0.282. The first-order valence-corrected chi connectivity index (χ1v) is 14.0. The first kappa shape index (κ1) is 26.6. The van der Waals surface area contributed by atoms with E-state index in [0.29, 0.717) is 65.8 Å². The van der Waals surface area contributed by atoms with E-state index < -0.39 is 5.41 Å². The second-order valence-electron chi connectivity index (χ2n) is 11.1. The van der Waals surface area contributed by atoms with Gasteiger partial charge >= 0.3 is 0 Å². The maximum Gasteiger partial charge on any atom is 0.262 e. The highest BCUT2D eigenvalue weighted by molar-refractivity contribution is 6.12. The van der Waals surface area contributed by atoms with Crippen molar-refractivity contribution in [1.82, 2.24) is 19.7 Å². The second kappa shape index (κ2) is 10.2. The lowest BCUT2D eigenvalue weighted by Gasteiger charge is -2.40. The van der Waals surface area contributed by atoms with E-state index in [0.717, 1.165) is 11.3 Å². The summed E-state index contributed by atoms with van der Waals surface area (Å²) in [6, 6.07) is 20.3. The molecule has 0 saturated carbocycles. The highest BCUT2D eigenvalue weighted by Gasteiger charge is 2.47. The van der Waals surface area contributed by atoms with Crippen molar-refractivity contribution in [2.75, 3.05) is 31.6 Å². The molecule has 10 heteroatoms. The molecule has 216 valence electrons. The van der Waals surface area contributed by atoms with Crippen molar-refractivity contribution in [1.29, 1.82) is 0 Å². The van der Waals surface area contributed by atoms with Gasteiger partial charge in [-0.2, -0.15) is 5.10 Å². The molecule has 43 heavy (non-hydrogen) atoms. The number of methoxy groups -OCH3 is 1. The largest absolute Gasteiger partial charge is 0.507 e. The van der Waals surface area contributed by atoms with Crippen molar-refractivity contribution in [2.24, 2.45) is 0 Å². The fourth-order valence-electron chi connectivity index (χ4n) is 6.46. The molecule has 9 nitrogen and oxygen atoms in total. The molecule has 1 spiro atoms. The molecule has 2 aliphatic rings. The van der Waals surface area contributed by atoms with E-state index in [-0.39, 0.29) is 23.4 Å². The second-order valence-corrected chi connectivity index (χ2v) is 11.1. The minimum Gasteiger partial charge on any atom is -0.507 e. The number of amides is 2. The summed E-state index contributed by atoms with van der Waals surface area (Å²) in [6.07, 6.45) is 4.17. The molecule has 3 heterocycles. The Balaban J connectivity index is 1.17. The average molecular weight is 578 g/mol. The number of phenols is 1. The molecule has 0 unspecified atom stereocenters. The van der Waals surface area contributed by atoms with Crippen LogP contribution in [0.4, 0.5) is 10.1 Å². The number of hydrogen-bond donors (Lipinski definition) is 1. The number of benzene rings is 4. The van der Waals surface area contributed by atoms with Crippen LogP contribution in [0.15, 0.2) is 85.5 Å². The number of halogens is 1. The van der Waals surface area contributed by atoms with Gasteiger partial charge in [-0.25, -0.2) is 14.1 Å². The molecular weight excluding hydrogens is 549 g/mol. The zero-order valence-corrected chi connectivity index (χ0v) is 23.4. The number of piperidine rings is 1. The first-order valence-electron chi connectivity index (χ1n) is 14.0. The smallest absolute Gasteiger partial charge is 0.262 e. The molecule has 4 aromatic carbocycles. The number of anilines is 1. The SMILES string of the molecule is COc1cc2c(O)cccc2cc1C(=O)N1CC2(CCN(C(=O)c3cccc(-n4cncn4)c3)CC2)c2cc(F)ccc21. The summed E-state index contributed by atoms with van der Waals surface area (Å²) in [6.45, 7) is 1.28. The Kier molecular flexibility index (Phi) is 6.34. The number of fused-ring (bicyclic) bond motifs is 3. The van der Waals surface area contributed by atoms with Gasteiger partial charge < -0.3 is 19.6 Å². The van der Waals surface area contributed by atoms with Crippen molar-refractivity contribution in [3.05, 3.63) is 108 Å². The van der Waals surface area contributed by atoms with Gasteiger partial charge in [0.2, 0.25) is 0 Å². The van der Waals surface area contributed by atoms with Gasteiger partial charge in [0.15, 0.2) is 0 Å². The van der Waals surface area contributed by atoms with Crippen LogP contribution < -0.4 is 9.64 Å². The van der Waals surface area contributed by atoms with Gasteiger partial charge in [-0.15, -0.1) is 0 Å². The standard InChI is InChI=1S/C33H28FN5O4/c1-43-30-17-25-21(4-3-7-29(25)40)15-26(30)32(42)38-18-33(27-16-23(34)8-9-28(27)38)10-12-37(13-11-33)31(41)22-5-2-6-24(14-22)39-20-35-19-36-39/h2-9,14-17,19-20,40H,10-13,18H2,1H3. The van der Waals surface area contributed by atoms with Gasteiger partial charge in [-0.1, -0.05) is 18.2 Å². The van der Waals surface area contributed by atoms with Crippen molar-refractivity contribution in [2.45, 2.75) is 18.3 Å². The van der Waals surface area contributed by atoms with Crippen LogP contribution in [0.3, 0.4) is 0 Å². The molecule has 0 aliphatic carbocycles. The third kappa shape index (κ3) is 4.46. The number of nitrogens with zero attached hydrogens (tertiary/aromatic N) is 5. The Morgan fingerprint density at radius 2 is 1.79 bits per heavy atom. The molecule has 7 rings (SSSR count). The minimum atomic E-state index is -0.505. The van der Waals surface area contributed by atoms with Crippen LogP contribution in [-0.2, 0) is 5.41 Å². The summed E-state index contributed by atoms with van der Waals surface area (Å²) < 4.78 is 21.8. The average Bonchev–Trinajstić information content (AvgIpc) is 3.68. The highest BCUT2D eigenvalue weighted by Crippen LogP contribution is 2.48. The Morgan fingerprint density at radius 1 is 0.977 bits per heavy atom. The van der Waals surface area contributed by atoms with Crippen molar-refractivity contribution in [3.63, 3.8) is 0 Å². The number of rotatable bonds is 4. The number of hydrogen-bond acceptors (Lipinski definition) is 6. The van der Waals surface area contributed by atoms with Crippen LogP contribution in [0.2, 0.25) is 0 Å². The van der Waals surface area contributed by atoms with Gasteiger partial charge in [0, 0.05) is 41.7 Å². The predicted molar refractivity (Wildman–Crippen MR) is 158 cm³/mol. The molecule has 5 aromatic rings. The van der Waals surface area contributed by atoms with E-state index in [4.69, 9.17) is 4.74 Å². The maximum atomic E-state index is 14.6. The minimum absolute atomic E-state index is 0.0913. The van der Waals surface area contributed by atoms with Crippen molar-refractivity contribution < 1.29 is 23.8 Å². The number of aromatic nitrogens is 3. The highest BCUT2D eigenvalue weighted by atomic mass is 19.1. The van der Waals surface area contributed by atoms with Crippen LogP contribution in [0.25, 0.3) is 16.5 Å². The normalized spacial score (nSPS) is 15.6. The number of carbonyl (C=O) groups excluding carboxylic acids is 2. The summed E-state index contributed by atoms with van der Waals surface area (Å²) in [7, 11) is 1.49. The lowest BCUT2D eigenvalue weighted by atomic mass is 9.74. The van der Waals surface area contributed by atoms with Gasteiger partial charge in [0.25, 0.3) is 11.8 Å². The van der Waals surface area contributed by atoms with E-state index >= 15 is 0 Å². The molecule has 0 bridgehead atoms. The lowest BCUT2D eigenvalue weighted by molar-refractivity contribution is 0.0670. The van der Waals surface area contributed by atoms with Crippen molar-refractivity contribution >= 4 is 28.3 Å². The van der Waals surface area contributed by atoms with E-state index in [1.165, 1.54) is 25.6 Å². The number of likely N-dealkylation sites (tertiary alicyclic amines) is 1. The molecule has 1 aromatic heterocycles. The van der Waals surface area contributed by atoms with Crippen LogP contribution in [-0.4, -0.2) is 63.3 Å². The number of ether oxygens (including phenoxy) is 1. The van der Waals surface area contributed by atoms with E-state index in [9.17, 15) is 19.1 Å². The maximum absolute atomic E-state index is 14.6. The Hall–Kier alpha value is -5.25. The van der Waals surface area contributed by atoms with Crippen LogP contribution in [0.5, 0.6) is 11.5 Å². The fourth-order valence-corrected chi connectivity index (χ4v) is 6.46. The molecule has 2 amide bonds. The topological polar surface area (TPSA) is 101 Å². The van der Waals surface area contributed by atoms with Crippen molar-refractivity contribution in [3.8, 4) is 17.2 Å². The number of carbonyl (C=O) groups is 2. The third-order valence-electron chi connectivity index (χ3n) is 8.72. The van der Waals surface area contributed by atoms with Crippen LogP contribution >= 0.6 is 0 Å². The molecular formula is C33H28FN5O4. The zero-order chi connectivity index (χ0) is 29.7. The lowest BCUT2D eigenvalue weighted by Crippen LogP contribution is -2.47. The molecule has 1 saturated heterocycles. The summed E-state index contributed by atoms with van der Waals surface area (Å²) in [5.41, 5.74) is 2.57. The van der Waals surface area contributed by atoms with Gasteiger partial charge in [-0.3, -0.25) is 9.59 Å². The van der Waals surface area contributed by atoms with Gasteiger partial charge in [0.1, 0.15) is 30.0 Å². The molecule has 0 radical (unpaired) electrons. The van der Waals surface area contributed by atoms with E-state index in [2.05, 4.69) is 10.1 Å². The van der Waals surface area contributed by atoms with Gasteiger partial charge in [-0.05, 0) is 78.4 Å². The fraction of sp³-hybridized carbons (Fsp3) is 0.212. The molecule has 0 atom stereocenters. The monoisotopic (exact) mass is 577 g/mol. The summed E-state index contributed by atoms with van der Waals surface area (Å²) >= 11 is 0. The van der Waals surface area contributed by atoms with Crippen LogP contribution in [0, 0.1) is 5.82 Å². The summed E-state index contributed by atoms with van der Waals surface area (Å²) in [5, 5.41) is 15.8.